The number of ether oxygens (including phenoxy) is 1. The Balaban J connectivity index is 1.49. The highest BCUT2D eigenvalue weighted by molar-refractivity contribution is 5.93. The number of amides is 1. The summed E-state index contributed by atoms with van der Waals surface area (Å²) in [5.41, 5.74) is 2.27. The van der Waals surface area contributed by atoms with E-state index in [2.05, 4.69) is 27.1 Å². The number of hydrogen-bond donors (Lipinski definition) is 0. The van der Waals surface area contributed by atoms with Crippen molar-refractivity contribution < 1.29 is 9.53 Å². The summed E-state index contributed by atoms with van der Waals surface area (Å²) in [4.78, 5) is 22.3. The highest BCUT2D eigenvalue weighted by atomic mass is 16.5. The van der Waals surface area contributed by atoms with Crippen molar-refractivity contribution in [1.29, 1.82) is 0 Å². The van der Waals surface area contributed by atoms with Gasteiger partial charge in [0.1, 0.15) is 0 Å². The van der Waals surface area contributed by atoms with Gasteiger partial charge in [-0.3, -0.25) is 4.79 Å². The van der Waals surface area contributed by atoms with Gasteiger partial charge >= 0.3 is 0 Å². The number of carbonyl (C=O) groups excluding carboxylic acids is 1. The Morgan fingerprint density at radius 3 is 2.72 bits per heavy atom. The van der Waals surface area contributed by atoms with Crippen molar-refractivity contribution in [3.05, 3.63) is 66.1 Å². The summed E-state index contributed by atoms with van der Waals surface area (Å²) >= 11 is 0. The van der Waals surface area contributed by atoms with Gasteiger partial charge in [-0.2, -0.15) is 5.10 Å². The summed E-state index contributed by atoms with van der Waals surface area (Å²) < 4.78 is 7.84. The van der Waals surface area contributed by atoms with Gasteiger partial charge in [0.15, 0.2) is 11.3 Å². The molecular weight excluding hydrogens is 366 g/mol. The van der Waals surface area contributed by atoms with Gasteiger partial charge in [-0.25, -0.2) is 9.50 Å². The van der Waals surface area contributed by atoms with Crippen molar-refractivity contribution in [2.45, 2.75) is 25.0 Å². The van der Waals surface area contributed by atoms with Gasteiger partial charge in [0.05, 0.1) is 24.9 Å². The van der Waals surface area contributed by atoms with Crippen LogP contribution in [0.5, 0.6) is 0 Å². The number of imidazole rings is 1. The molecule has 1 amide bonds. The van der Waals surface area contributed by atoms with Crippen molar-refractivity contribution in [3.63, 3.8) is 0 Å². The van der Waals surface area contributed by atoms with E-state index < -0.39 is 0 Å². The summed E-state index contributed by atoms with van der Waals surface area (Å²) in [5.74, 6) is -0.0558. The first-order valence-corrected chi connectivity index (χ1v) is 10.3. The second kappa shape index (κ2) is 7.93. The second-order valence-corrected chi connectivity index (χ2v) is 7.71. The van der Waals surface area contributed by atoms with Gasteiger partial charge in [0.25, 0.3) is 5.91 Å². The van der Waals surface area contributed by atoms with E-state index in [0.717, 1.165) is 25.2 Å². The number of morpholine rings is 1. The summed E-state index contributed by atoms with van der Waals surface area (Å²) in [6.07, 6.45) is 5.71. The Bertz CT molecular complexity index is 983. The zero-order valence-electron chi connectivity index (χ0n) is 16.4. The number of fused-ring (bicyclic) bond motifs is 1. The van der Waals surface area contributed by atoms with E-state index in [1.807, 2.05) is 35.2 Å². The van der Waals surface area contributed by atoms with Crippen LogP contribution in [0.4, 0.5) is 0 Å². The van der Waals surface area contributed by atoms with Crippen LogP contribution in [0.15, 0.2) is 54.9 Å². The number of aromatic nitrogens is 3. The molecule has 0 unspecified atom stereocenters. The fraction of sp³-hybridized carbons (Fsp3) is 0.409. The average Bonchev–Trinajstić information content (AvgIpc) is 3.43. The first-order chi connectivity index (χ1) is 14.3. The summed E-state index contributed by atoms with van der Waals surface area (Å²) in [6.45, 7) is 4.14. The van der Waals surface area contributed by atoms with Gasteiger partial charge in [0.2, 0.25) is 0 Å². The molecular formula is C22H25N5O2. The number of nitrogens with zero attached hydrogens (tertiary/aromatic N) is 5. The molecule has 7 nitrogen and oxygen atoms in total. The van der Waals surface area contributed by atoms with E-state index in [1.54, 1.807) is 16.9 Å². The Labute approximate surface area is 169 Å². The lowest BCUT2D eigenvalue weighted by atomic mass is 9.97. The third kappa shape index (κ3) is 3.52. The molecule has 2 aliphatic rings. The molecule has 29 heavy (non-hydrogen) atoms. The van der Waals surface area contributed by atoms with E-state index in [1.165, 1.54) is 12.8 Å². The first kappa shape index (κ1) is 18.3. The molecule has 0 aliphatic carbocycles. The predicted octanol–water partition coefficient (Wildman–Crippen LogP) is 2.41. The SMILES string of the molecule is O=C(c1cnc2cccnn12)N1CCO[C@@H](CN2CCCC2)[C@@H]1c1ccccc1. The molecule has 1 aromatic carbocycles. The minimum Gasteiger partial charge on any atom is -0.373 e. The Morgan fingerprint density at radius 1 is 1.07 bits per heavy atom. The highest BCUT2D eigenvalue weighted by Gasteiger charge is 2.38. The quantitative estimate of drug-likeness (QED) is 0.683. The Kier molecular flexibility index (Phi) is 4.99. The van der Waals surface area contributed by atoms with Crippen LogP contribution in [0.25, 0.3) is 5.65 Å². The zero-order chi connectivity index (χ0) is 19.6. The van der Waals surface area contributed by atoms with Crippen molar-refractivity contribution in [2.24, 2.45) is 0 Å². The predicted molar refractivity (Wildman–Crippen MR) is 109 cm³/mol. The lowest BCUT2D eigenvalue weighted by Crippen LogP contribution is -2.51. The lowest BCUT2D eigenvalue weighted by molar-refractivity contribution is -0.0709. The largest absolute Gasteiger partial charge is 0.373 e. The molecule has 2 atom stereocenters. The monoisotopic (exact) mass is 391 g/mol. The lowest BCUT2D eigenvalue weighted by Gasteiger charge is -2.42. The van der Waals surface area contributed by atoms with Crippen LogP contribution in [-0.2, 0) is 4.74 Å². The van der Waals surface area contributed by atoms with Gasteiger partial charge in [-0.15, -0.1) is 0 Å². The fourth-order valence-electron chi connectivity index (χ4n) is 4.50. The molecule has 0 spiro atoms. The maximum absolute atomic E-state index is 13.6. The van der Waals surface area contributed by atoms with E-state index in [-0.39, 0.29) is 18.1 Å². The molecule has 2 fully saturated rings. The van der Waals surface area contributed by atoms with Crippen LogP contribution in [-0.4, -0.2) is 69.2 Å². The Hall–Kier alpha value is -2.77. The molecule has 2 saturated heterocycles. The molecule has 0 saturated carbocycles. The molecule has 4 heterocycles. The number of carbonyl (C=O) groups is 1. The summed E-state index contributed by atoms with van der Waals surface area (Å²) in [5, 5.41) is 4.32. The number of rotatable bonds is 4. The Morgan fingerprint density at radius 2 is 1.90 bits per heavy atom. The number of likely N-dealkylation sites (tertiary alicyclic amines) is 1. The summed E-state index contributed by atoms with van der Waals surface area (Å²) in [7, 11) is 0. The summed E-state index contributed by atoms with van der Waals surface area (Å²) in [6, 6.07) is 13.8. The van der Waals surface area contributed by atoms with Gasteiger partial charge in [-0.1, -0.05) is 30.3 Å². The fourth-order valence-corrected chi connectivity index (χ4v) is 4.50. The van der Waals surface area contributed by atoms with Crippen LogP contribution in [0.1, 0.15) is 34.9 Å². The standard InChI is InChI=1S/C22H25N5O2/c28-22(18-15-23-20-9-6-10-24-27(18)20)26-13-14-29-19(16-25-11-4-5-12-25)21(26)17-7-2-1-3-8-17/h1-3,6-10,15,19,21H,4-5,11-14,16H2/t19-,21-/m0/s1. The average molecular weight is 391 g/mol. The van der Waals surface area contributed by atoms with Crippen LogP contribution < -0.4 is 0 Å². The zero-order valence-corrected chi connectivity index (χ0v) is 16.4. The van der Waals surface area contributed by atoms with E-state index in [4.69, 9.17) is 4.74 Å². The molecule has 0 bridgehead atoms. The van der Waals surface area contributed by atoms with Crippen LogP contribution in [0, 0.1) is 0 Å². The normalized spacial score (nSPS) is 23.0. The van der Waals surface area contributed by atoms with Crippen molar-refractivity contribution in [2.75, 3.05) is 32.8 Å². The smallest absolute Gasteiger partial charge is 0.274 e. The van der Waals surface area contributed by atoms with Crippen molar-refractivity contribution in [1.82, 2.24) is 24.4 Å². The second-order valence-electron chi connectivity index (χ2n) is 7.71. The molecule has 5 rings (SSSR count). The van der Waals surface area contributed by atoms with Crippen molar-refractivity contribution >= 4 is 11.6 Å². The highest BCUT2D eigenvalue weighted by Crippen LogP contribution is 2.32. The topological polar surface area (TPSA) is 63.0 Å². The third-order valence-electron chi connectivity index (χ3n) is 5.89. The maximum atomic E-state index is 13.6. The minimum atomic E-state index is -0.132. The molecule has 0 N–H and O–H groups in total. The number of benzene rings is 1. The third-order valence-corrected chi connectivity index (χ3v) is 5.89. The molecule has 150 valence electrons. The molecule has 7 heteroatoms. The minimum absolute atomic E-state index is 0.0552. The molecule has 3 aromatic rings. The molecule has 0 radical (unpaired) electrons. The van der Waals surface area contributed by atoms with Gasteiger partial charge in [0, 0.05) is 19.3 Å². The van der Waals surface area contributed by atoms with Gasteiger partial charge < -0.3 is 14.5 Å². The van der Waals surface area contributed by atoms with Crippen LogP contribution in [0.2, 0.25) is 0 Å². The van der Waals surface area contributed by atoms with Crippen LogP contribution in [0.3, 0.4) is 0 Å². The number of hydrogen-bond acceptors (Lipinski definition) is 5. The van der Waals surface area contributed by atoms with E-state index in [0.29, 0.717) is 24.5 Å². The van der Waals surface area contributed by atoms with E-state index in [9.17, 15) is 4.79 Å². The molecule has 2 aromatic heterocycles. The van der Waals surface area contributed by atoms with Gasteiger partial charge in [-0.05, 0) is 43.6 Å². The maximum Gasteiger partial charge on any atom is 0.274 e. The van der Waals surface area contributed by atoms with E-state index >= 15 is 0 Å². The molecule has 2 aliphatic heterocycles. The van der Waals surface area contributed by atoms with Crippen LogP contribution >= 0.6 is 0 Å². The first-order valence-electron chi connectivity index (χ1n) is 10.3. The van der Waals surface area contributed by atoms with Crippen molar-refractivity contribution in [3.8, 4) is 0 Å².